The Bertz CT molecular complexity index is 2330. The molecule has 6 aromatic carbocycles. The van der Waals surface area contributed by atoms with Crippen molar-refractivity contribution in [2.45, 2.75) is 19.3 Å². The first-order chi connectivity index (χ1) is 22.5. The van der Waals surface area contributed by atoms with E-state index in [4.69, 9.17) is 14.7 Å². The molecule has 0 bridgehead atoms. The fraction of sp³-hybridized carbons (Fsp3) is 0.0714. The van der Waals surface area contributed by atoms with Crippen LogP contribution in [0.2, 0.25) is 0 Å². The van der Waals surface area contributed by atoms with Crippen molar-refractivity contribution in [2.24, 2.45) is 0 Å². The molecule has 0 spiro atoms. The number of benzene rings is 6. The number of rotatable bonds is 4. The average molecular weight is 592 g/mol. The average Bonchev–Trinajstić information content (AvgIpc) is 3.11. The van der Waals surface area contributed by atoms with Gasteiger partial charge in [-0.25, -0.2) is 9.97 Å². The smallest absolute Gasteiger partial charge is 0.160 e. The second-order valence-corrected chi connectivity index (χ2v) is 12.2. The summed E-state index contributed by atoms with van der Waals surface area (Å²) in [5, 5.41) is 10.4. The zero-order chi connectivity index (χ0) is 31.3. The van der Waals surface area contributed by atoms with Gasteiger partial charge in [0.2, 0.25) is 0 Å². The number of fused-ring (bicyclic) bond motifs is 3. The molecule has 0 unspecified atom stereocenters. The number of hydrogen-bond donors (Lipinski definition) is 0. The summed E-state index contributed by atoms with van der Waals surface area (Å²) in [6, 6.07) is 49.6. The van der Waals surface area contributed by atoms with Crippen LogP contribution >= 0.6 is 0 Å². The van der Waals surface area contributed by atoms with Gasteiger partial charge in [-0.2, -0.15) is 5.26 Å². The van der Waals surface area contributed by atoms with E-state index in [1.807, 2.05) is 60.7 Å². The molecule has 46 heavy (non-hydrogen) atoms. The topological polar surface area (TPSA) is 58.8 Å². The minimum atomic E-state index is -0.175. The highest BCUT2D eigenvalue weighted by molar-refractivity contribution is 5.94. The van der Waals surface area contributed by atoms with E-state index < -0.39 is 0 Å². The first-order valence-corrected chi connectivity index (χ1v) is 15.4. The Hall–Kier alpha value is -6.05. The first kappa shape index (κ1) is 27.5. The van der Waals surface area contributed by atoms with Crippen molar-refractivity contribution in [3.05, 3.63) is 156 Å². The predicted molar refractivity (Wildman–Crippen MR) is 185 cm³/mol. The lowest BCUT2D eigenvalue weighted by atomic mass is 9.75. The molecular formula is C42H29N3O. The van der Waals surface area contributed by atoms with Crippen molar-refractivity contribution >= 4 is 10.9 Å². The van der Waals surface area contributed by atoms with Crippen LogP contribution in [0.1, 0.15) is 30.5 Å². The van der Waals surface area contributed by atoms with Crippen molar-refractivity contribution in [3.8, 4) is 62.5 Å². The molecule has 1 aliphatic heterocycles. The van der Waals surface area contributed by atoms with Gasteiger partial charge in [0.25, 0.3) is 0 Å². The van der Waals surface area contributed by atoms with Gasteiger partial charge in [-0.1, -0.05) is 111 Å². The highest BCUT2D eigenvalue weighted by atomic mass is 16.5. The fourth-order valence-electron chi connectivity index (χ4n) is 6.47. The second-order valence-electron chi connectivity index (χ2n) is 12.2. The lowest BCUT2D eigenvalue weighted by Crippen LogP contribution is -2.24. The van der Waals surface area contributed by atoms with Crippen molar-refractivity contribution in [3.63, 3.8) is 0 Å². The van der Waals surface area contributed by atoms with E-state index in [-0.39, 0.29) is 5.41 Å². The van der Waals surface area contributed by atoms with E-state index in [9.17, 15) is 5.26 Å². The Labute approximate surface area is 268 Å². The molecule has 1 aromatic heterocycles. The van der Waals surface area contributed by atoms with E-state index >= 15 is 0 Å². The standard InChI is InChI=1S/C42H29N3O/c1-42(2)35-14-4-6-16-38(35)46-39-22-21-32(25-36(39)42)28-17-19-29(20-18-28)41-44-37-15-5-3-13-34(37)40(45-41)33-12-8-11-31(24-33)30-10-7-9-27(23-30)26-43/h3-25H,1-2H3. The van der Waals surface area contributed by atoms with Crippen molar-refractivity contribution < 1.29 is 4.74 Å². The number of para-hydroxylation sites is 2. The Kier molecular flexibility index (Phi) is 6.48. The number of ether oxygens (including phenoxy) is 1. The fourth-order valence-corrected chi connectivity index (χ4v) is 6.47. The second kappa shape index (κ2) is 10.8. The van der Waals surface area contributed by atoms with Gasteiger partial charge in [0.15, 0.2) is 5.82 Å². The van der Waals surface area contributed by atoms with Crippen LogP contribution in [-0.4, -0.2) is 9.97 Å². The third-order valence-corrected chi connectivity index (χ3v) is 8.97. The molecule has 0 amide bonds. The van der Waals surface area contributed by atoms with Gasteiger partial charge in [0.1, 0.15) is 11.5 Å². The molecule has 4 nitrogen and oxygen atoms in total. The van der Waals surface area contributed by atoms with E-state index in [0.29, 0.717) is 11.4 Å². The van der Waals surface area contributed by atoms with Crippen LogP contribution in [0.3, 0.4) is 0 Å². The van der Waals surface area contributed by atoms with Gasteiger partial charge in [0, 0.05) is 33.1 Å². The minimum absolute atomic E-state index is 0.175. The summed E-state index contributed by atoms with van der Waals surface area (Å²) in [5.74, 6) is 2.50. The van der Waals surface area contributed by atoms with Gasteiger partial charge in [-0.05, 0) is 64.7 Å². The van der Waals surface area contributed by atoms with Crippen molar-refractivity contribution in [1.29, 1.82) is 5.26 Å². The Morgan fingerprint density at radius 1 is 0.543 bits per heavy atom. The monoisotopic (exact) mass is 591 g/mol. The lowest BCUT2D eigenvalue weighted by molar-refractivity contribution is 0.418. The van der Waals surface area contributed by atoms with E-state index in [1.54, 1.807) is 0 Å². The summed E-state index contributed by atoms with van der Waals surface area (Å²) >= 11 is 0. The van der Waals surface area contributed by atoms with Crippen LogP contribution in [-0.2, 0) is 5.41 Å². The van der Waals surface area contributed by atoms with Gasteiger partial charge in [-0.15, -0.1) is 0 Å². The highest BCUT2D eigenvalue weighted by Gasteiger charge is 2.34. The number of hydrogen-bond acceptors (Lipinski definition) is 4. The Morgan fingerprint density at radius 3 is 2.04 bits per heavy atom. The molecule has 0 radical (unpaired) electrons. The maximum Gasteiger partial charge on any atom is 0.160 e. The van der Waals surface area contributed by atoms with Crippen LogP contribution in [0, 0.1) is 11.3 Å². The third kappa shape index (κ3) is 4.70. The molecule has 8 rings (SSSR count). The maximum absolute atomic E-state index is 9.41. The van der Waals surface area contributed by atoms with Crippen LogP contribution in [0.25, 0.3) is 55.8 Å². The lowest BCUT2D eigenvalue weighted by Gasteiger charge is -2.34. The molecule has 0 saturated heterocycles. The van der Waals surface area contributed by atoms with Crippen molar-refractivity contribution in [2.75, 3.05) is 0 Å². The molecule has 2 heterocycles. The van der Waals surface area contributed by atoms with Gasteiger partial charge in [-0.3, -0.25) is 0 Å². The zero-order valence-electron chi connectivity index (χ0n) is 25.5. The van der Waals surface area contributed by atoms with Gasteiger partial charge in [0.05, 0.1) is 22.8 Å². The highest BCUT2D eigenvalue weighted by Crippen LogP contribution is 2.48. The molecule has 218 valence electrons. The normalized spacial score (nSPS) is 12.9. The number of aromatic nitrogens is 2. The van der Waals surface area contributed by atoms with E-state index in [0.717, 1.165) is 61.5 Å². The Balaban J connectivity index is 1.16. The predicted octanol–water partition coefficient (Wildman–Crippen LogP) is 10.6. The molecule has 0 N–H and O–H groups in total. The van der Waals surface area contributed by atoms with Crippen LogP contribution in [0.15, 0.2) is 140 Å². The summed E-state index contributed by atoms with van der Waals surface area (Å²) in [6.07, 6.45) is 0. The molecule has 0 fully saturated rings. The minimum Gasteiger partial charge on any atom is -0.457 e. The van der Waals surface area contributed by atoms with Crippen LogP contribution in [0.5, 0.6) is 11.5 Å². The van der Waals surface area contributed by atoms with Crippen molar-refractivity contribution in [1.82, 2.24) is 9.97 Å². The molecule has 1 aliphatic rings. The molecule has 0 atom stereocenters. The molecule has 4 heteroatoms. The van der Waals surface area contributed by atoms with Crippen LogP contribution < -0.4 is 4.74 Å². The number of nitriles is 1. The van der Waals surface area contributed by atoms with Gasteiger partial charge < -0.3 is 4.74 Å². The molecule has 0 saturated carbocycles. The van der Waals surface area contributed by atoms with E-state index in [2.05, 4.69) is 98.8 Å². The zero-order valence-corrected chi connectivity index (χ0v) is 25.5. The van der Waals surface area contributed by atoms with Gasteiger partial charge >= 0.3 is 0 Å². The van der Waals surface area contributed by atoms with Crippen LogP contribution in [0.4, 0.5) is 0 Å². The third-order valence-electron chi connectivity index (χ3n) is 8.97. The number of nitrogens with zero attached hydrogens (tertiary/aromatic N) is 3. The summed E-state index contributed by atoms with van der Waals surface area (Å²) in [7, 11) is 0. The SMILES string of the molecule is CC1(C)c2ccccc2Oc2ccc(-c3ccc(-c4nc(-c5cccc(-c6cccc(C#N)c6)c5)c5ccccc5n4)cc3)cc21. The quantitative estimate of drug-likeness (QED) is 0.204. The molecule has 7 aromatic rings. The maximum atomic E-state index is 9.41. The largest absolute Gasteiger partial charge is 0.457 e. The summed E-state index contributed by atoms with van der Waals surface area (Å²) in [5.41, 5.74) is 10.8. The molecular weight excluding hydrogens is 562 g/mol. The Morgan fingerprint density at radius 2 is 1.20 bits per heavy atom. The first-order valence-electron chi connectivity index (χ1n) is 15.4. The van der Waals surface area contributed by atoms with E-state index in [1.165, 1.54) is 11.1 Å². The summed E-state index contributed by atoms with van der Waals surface area (Å²) in [4.78, 5) is 10.1. The summed E-state index contributed by atoms with van der Waals surface area (Å²) in [6.45, 7) is 4.52. The molecule has 0 aliphatic carbocycles. The summed E-state index contributed by atoms with van der Waals surface area (Å²) < 4.78 is 6.28.